The minimum absolute atomic E-state index is 0. The van der Waals surface area contributed by atoms with E-state index in [1.54, 1.807) is 6.07 Å². The maximum absolute atomic E-state index is 12.7. The van der Waals surface area contributed by atoms with E-state index in [4.69, 9.17) is 10.2 Å². The van der Waals surface area contributed by atoms with E-state index < -0.39 is 0 Å². The maximum atomic E-state index is 12.7. The van der Waals surface area contributed by atoms with Crippen LogP contribution in [0.4, 0.5) is 0 Å². The van der Waals surface area contributed by atoms with Gasteiger partial charge in [0.2, 0.25) is 5.91 Å². The van der Waals surface area contributed by atoms with Crippen molar-refractivity contribution in [3.8, 4) is 0 Å². The van der Waals surface area contributed by atoms with Crippen LogP contribution < -0.4 is 5.73 Å². The molecule has 2 fully saturated rings. The molecule has 7 heteroatoms. The standard InChI is InChI=1S/C18H27N3O3.ClH/c1-12-10-16(13(2)24-12)18(23)21-8-6-20(7-9-21)17(22)15-5-3-4-14(15)11-19;/h10,14-15H,3-9,11,19H2,1-2H3;1H/t14-,15-;/m1./s1. The second kappa shape index (κ2) is 8.23. The Morgan fingerprint density at radius 1 is 1.16 bits per heavy atom. The topological polar surface area (TPSA) is 79.8 Å². The first-order chi connectivity index (χ1) is 11.5. The number of amides is 2. The molecular weight excluding hydrogens is 342 g/mol. The fraction of sp³-hybridized carbons (Fsp3) is 0.667. The lowest BCUT2D eigenvalue weighted by Crippen LogP contribution is -2.52. The van der Waals surface area contributed by atoms with Crippen LogP contribution in [0.3, 0.4) is 0 Å². The van der Waals surface area contributed by atoms with E-state index in [-0.39, 0.29) is 30.1 Å². The van der Waals surface area contributed by atoms with Crippen LogP contribution >= 0.6 is 12.4 Å². The first-order valence-electron chi connectivity index (χ1n) is 8.86. The Labute approximate surface area is 155 Å². The highest BCUT2D eigenvalue weighted by Gasteiger charge is 2.36. The average Bonchev–Trinajstić information content (AvgIpc) is 3.19. The number of piperazine rings is 1. The minimum Gasteiger partial charge on any atom is -0.466 e. The molecule has 3 rings (SSSR count). The summed E-state index contributed by atoms with van der Waals surface area (Å²) in [5.41, 5.74) is 6.43. The first kappa shape index (κ1) is 19.8. The molecule has 1 aromatic heterocycles. The average molecular weight is 370 g/mol. The van der Waals surface area contributed by atoms with Crippen molar-refractivity contribution in [2.75, 3.05) is 32.7 Å². The molecule has 1 saturated heterocycles. The van der Waals surface area contributed by atoms with Gasteiger partial charge in [-0.2, -0.15) is 0 Å². The van der Waals surface area contributed by atoms with Gasteiger partial charge in [-0.3, -0.25) is 9.59 Å². The lowest BCUT2D eigenvalue weighted by atomic mass is 9.94. The third-order valence-corrected chi connectivity index (χ3v) is 5.43. The van der Waals surface area contributed by atoms with Gasteiger partial charge in [-0.25, -0.2) is 0 Å². The molecule has 0 unspecified atom stereocenters. The molecule has 6 nitrogen and oxygen atoms in total. The van der Waals surface area contributed by atoms with Crippen LogP contribution in [0.25, 0.3) is 0 Å². The largest absolute Gasteiger partial charge is 0.466 e. The SMILES string of the molecule is Cc1cc(C(=O)N2CCN(C(=O)[C@@H]3CCC[C@@H]3CN)CC2)c(C)o1.Cl. The third-order valence-electron chi connectivity index (χ3n) is 5.43. The van der Waals surface area contributed by atoms with E-state index in [0.717, 1.165) is 25.0 Å². The molecule has 1 aliphatic carbocycles. The van der Waals surface area contributed by atoms with Crippen molar-refractivity contribution >= 4 is 24.2 Å². The molecule has 2 heterocycles. The molecule has 0 aromatic carbocycles. The Bertz CT molecular complexity index is 623. The highest BCUT2D eigenvalue weighted by molar-refractivity contribution is 5.95. The minimum atomic E-state index is -0.00264. The van der Waals surface area contributed by atoms with Crippen molar-refractivity contribution < 1.29 is 14.0 Å². The van der Waals surface area contributed by atoms with Crippen molar-refractivity contribution in [2.24, 2.45) is 17.6 Å². The van der Waals surface area contributed by atoms with Gasteiger partial charge in [-0.15, -0.1) is 12.4 Å². The second-order valence-corrected chi connectivity index (χ2v) is 6.98. The van der Waals surface area contributed by atoms with Gasteiger partial charge in [0.15, 0.2) is 0 Å². The summed E-state index contributed by atoms with van der Waals surface area (Å²) in [6.45, 7) is 6.61. The molecular formula is C18H28ClN3O3. The molecule has 2 atom stereocenters. The summed E-state index contributed by atoms with van der Waals surface area (Å²) in [4.78, 5) is 29.1. The van der Waals surface area contributed by atoms with Gasteiger partial charge in [0, 0.05) is 32.1 Å². The maximum Gasteiger partial charge on any atom is 0.257 e. The molecule has 0 bridgehead atoms. The van der Waals surface area contributed by atoms with Gasteiger partial charge in [-0.05, 0) is 45.2 Å². The Morgan fingerprint density at radius 2 is 1.80 bits per heavy atom. The number of carbonyl (C=O) groups excluding carboxylic acids is 2. The van der Waals surface area contributed by atoms with Crippen LogP contribution in [-0.4, -0.2) is 54.3 Å². The Hall–Kier alpha value is -1.53. The highest BCUT2D eigenvalue weighted by atomic mass is 35.5. The summed E-state index contributed by atoms with van der Waals surface area (Å²) in [5, 5.41) is 0. The second-order valence-electron chi connectivity index (χ2n) is 6.98. The molecule has 1 aliphatic heterocycles. The zero-order valence-corrected chi connectivity index (χ0v) is 15.8. The van der Waals surface area contributed by atoms with Gasteiger partial charge >= 0.3 is 0 Å². The van der Waals surface area contributed by atoms with Crippen molar-refractivity contribution in [1.82, 2.24) is 9.80 Å². The zero-order chi connectivity index (χ0) is 17.3. The lowest BCUT2D eigenvalue weighted by Gasteiger charge is -2.36. The van der Waals surface area contributed by atoms with Crippen molar-refractivity contribution in [1.29, 1.82) is 0 Å². The summed E-state index contributed by atoms with van der Waals surface area (Å²) in [6.07, 6.45) is 3.10. The normalized spacial score (nSPS) is 23.5. The summed E-state index contributed by atoms with van der Waals surface area (Å²) in [5.74, 6) is 2.04. The Balaban J connectivity index is 0.00000225. The molecule has 25 heavy (non-hydrogen) atoms. The van der Waals surface area contributed by atoms with E-state index in [9.17, 15) is 9.59 Å². The number of nitrogens with two attached hydrogens (primary N) is 1. The van der Waals surface area contributed by atoms with Gasteiger partial charge in [0.1, 0.15) is 11.5 Å². The number of hydrogen-bond donors (Lipinski definition) is 1. The van der Waals surface area contributed by atoms with Crippen LogP contribution in [0.2, 0.25) is 0 Å². The number of furan rings is 1. The molecule has 140 valence electrons. The van der Waals surface area contributed by atoms with E-state index in [1.807, 2.05) is 23.6 Å². The number of rotatable bonds is 3. The molecule has 2 aliphatic rings. The smallest absolute Gasteiger partial charge is 0.257 e. The third kappa shape index (κ3) is 4.01. The molecule has 1 saturated carbocycles. The monoisotopic (exact) mass is 369 g/mol. The Morgan fingerprint density at radius 3 is 2.36 bits per heavy atom. The number of aryl methyl sites for hydroxylation is 2. The number of nitrogens with zero attached hydrogens (tertiary/aromatic N) is 2. The van der Waals surface area contributed by atoms with E-state index in [1.165, 1.54) is 0 Å². The van der Waals surface area contributed by atoms with E-state index >= 15 is 0 Å². The van der Waals surface area contributed by atoms with E-state index in [2.05, 4.69) is 0 Å². The summed E-state index contributed by atoms with van der Waals surface area (Å²) in [7, 11) is 0. The van der Waals surface area contributed by atoms with Crippen LogP contribution in [0.5, 0.6) is 0 Å². The van der Waals surface area contributed by atoms with Crippen molar-refractivity contribution in [2.45, 2.75) is 33.1 Å². The van der Waals surface area contributed by atoms with Crippen molar-refractivity contribution in [3.63, 3.8) is 0 Å². The fourth-order valence-corrected chi connectivity index (χ4v) is 4.02. The van der Waals surface area contributed by atoms with Gasteiger partial charge < -0.3 is 20.0 Å². The molecule has 0 radical (unpaired) electrons. The van der Waals surface area contributed by atoms with Crippen LogP contribution in [-0.2, 0) is 4.79 Å². The molecule has 1 aromatic rings. The summed E-state index contributed by atoms with van der Waals surface area (Å²) in [6, 6.07) is 1.79. The number of carbonyl (C=O) groups is 2. The van der Waals surface area contributed by atoms with E-state index in [0.29, 0.717) is 50.0 Å². The summed E-state index contributed by atoms with van der Waals surface area (Å²) < 4.78 is 5.45. The van der Waals surface area contributed by atoms with Crippen LogP contribution in [0, 0.1) is 25.7 Å². The van der Waals surface area contributed by atoms with Gasteiger partial charge in [0.25, 0.3) is 5.91 Å². The molecule has 2 N–H and O–H groups in total. The molecule has 2 amide bonds. The van der Waals surface area contributed by atoms with Crippen molar-refractivity contribution in [3.05, 3.63) is 23.2 Å². The lowest BCUT2D eigenvalue weighted by molar-refractivity contribution is -0.138. The molecule has 0 spiro atoms. The van der Waals surface area contributed by atoms with Gasteiger partial charge in [-0.1, -0.05) is 6.42 Å². The van der Waals surface area contributed by atoms with Gasteiger partial charge in [0.05, 0.1) is 5.56 Å². The van der Waals surface area contributed by atoms with Crippen LogP contribution in [0.1, 0.15) is 41.1 Å². The Kier molecular flexibility index (Phi) is 6.52. The van der Waals surface area contributed by atoms with Crippen LogP contribution in [0.15, 0.2) is 10.5 Å². The number of hydrogen-bond acceptors (Lipinski definition) is 4. The zero-order valence-electron chi connectivity index (χ0n) is 15.0. The number of halogens is 1. The predicted octanol–water partition coefficient (Wildman–Crippen LogP) is 1.98. The fourth-order valence-electron chi connectivity index (χ4n) is 4.02. The first-order valence-corrected chi connectivity index (χ1v) is 8.86. The quantitative estimate of drug-likeness (QED) is 0.883. The highest BCUT2D eigenvalue weighted by Crippen LogP contribution is 2.32. The summed E-state index contributed by atoms with van der Waals surface area (Å²) >= 11 is 0. The predicted molar refractivity (Wildman–Crippen MR) is 97.8 cm³/mol.